The van der Waals surface area contributed by atoms with E-state index in [0.717, 1.165) is 35.1 Å². The Morgan fingerprint density at radius 2 is 1.55 bits per heavy atom. The molecule has 5 heteroatoms. The van der Waals surface area contributed by atoms with Crippen LogP contribution in [0.25, 0.3) is 10.9 Å². The average Bonchev–Trinajstić information content (AvgIpc) is 3.12. The molecule has 4 rings (SSSR count). The van der Waals surface area contributed by atoms with Crippen LogP contribution < -0.4 is 0 Å². The number of sulfonamides is 1. The minimum absolute atomic E-state index is 0.387. The highest BCUT2D eigenvalue weighted by Gasteiger charge is 2.33. The van der Waals surface area contributed by atoms with Gasteiger partial charge in [-0.2, -0.15) is 4.31 Å². The van der Waals surface area contributed by atoms with Crippen LogP contribution in [0.4, 0.5) is 0 Å². The lowest BCUT2D eigenvalue weighted by atomic mass is 9.90. The molecule has 1 N–H and O–H groups in total. The zero-order valence-corrected chi connectivity index (χ0v) is 18.8. The molecule has 1 fully saturated rings. The molecule has 1 aliphatic heterocycles. The van der Waals surface area contributed by atoms with Gasteiger partial charge in [0.2, 0.25) is 10.0 Å². The first-order chi connectivity index (χ1) is 13.7. The molecule has 0 aliphatic carbocycles. The molecular formula is C24H30N2O2S. The van der Waals surface area contributed by atoms with E-state index in [0.29, 0.717) is 23.9 Å². The van der Waals surface area contributed by atoms with Gasteiger partial charge in [-0.15, -0.1) is 0 Å². The Bertz CT molecular complexity index is 1160. The van der Waals surface area contributed by atoms with Gasteiger partial charge in [0.25, 0.3) is 0 Å². The van der Waals surface area contributed by atoms with E-state index in [1.807, 2.05) is 27.7 Å². The zero-order chi connectivity index (χ0) is 20.9. The molecule has 0 atom stereocenters. The van der Waals surface area contributed by atoms with Crippen LogP contribution in [-0.2, 0) is 10.0 Å². The van der Waals surface area contributed by atoms with Gasteiger partial charge in [-0.3, -0.25) is 0 Å². The van der Waals surface area contributed by atoms with E-state index in [-0.39, 0.29) is 0 Å². The maximum absolute atomic E-state index is 13.5. The smallest absolute Gasteiger partial charge is 0.243 e. The first kappa shape index (κ1) is 20.2. The Morgan fingerprint density at radius 1 is 0.931 bits per heavy atom. The molecule has 0 spiro atoms. The molecule has 0 bridgehead atoms. The van der Waals surface area contributed by atoms with E-state index < -0.39 is 10.0 Å². The first-order valence-electron chi connectivity index (χ1n) is 10.4. The highest BCUT2D eigenvalue weighted by atomic mass is 32.2. The number of nitrogens with one attached hydrogen (secondary N) is 1. The number of rotatable bonds is 3. The molecular weight excluding hydrogens is 380 g/mol. The Hall–Kier alpha value is -2.11. The van der Waals surface area contributed by atoms with Gasteiger partial charge in [-0.25, -0.2) is 8.42 Å². The van der Waals surface area contributed by atoms with Crippen molar-refractivity contribution < 1.29 is 8.42 Å². The maximum atomic E-state index is 13.5. The third-order valence-electron chi connectivity index (χ3n) is 6.74. The zero-order valence-electron chi connectivity index (χ0n) is 18.0. The summed E-state index contributed by atoms with van der Waals surface area (Å²) in [5.41, 5.74) is 7.59. The molecule has 0 amide bonds. The Morgan fingerprint density at radius 3 is 2.17 bits per heavy atom. The number of nitrogens with zero attached hydrogens (tertiary/aromatic N) is 1. The summed E-state index contributed by atoms with van der Waals surface area (Å²) in [6, 6.07) is 8.46. The van der Waals surface area contributed by atoms with Gasteiger partial charge in [0.1, 0.15) is 0 Å². The fourth-order valence-electron chi connectivity index (χ4n) is 4.77. The van der Waals surface area contributed by atoms with Gasteiger partial charge in [0.15, 0.2) is 0 Å². The molecule has 0 saturated carbocycles. The van der Waals surface area contributed by atoms with Crippen molar-refractivity contribution in [1.82, 2.24) is 9.29 Å². The fourth-order valence-corrected chi connectivity index (χ4v) is 6.81. The standard InChI is InChI=1S/C24H30N2O2S/c1-15-7-6-8-21-22(14-25-23(15)21)20-9-11-26(12-10-20)29(27,28)24-18(4)16(2)13-17(3)19(24)5/h6-8,13-14,20,25H,9-12H2,1-5H3. The number of benzene rings is 2. The van der Waals surface area contributed by atoms with E-state index in [4.69, 9.17) is 0 Å². The number of aromatic amines is 1. The average molecular weight is 411 g/mol. The Labute approximate surface area is 174 Å². The summed E-state index contributed by atoms with van der Waals surface area (Å²) in [6.45, 7) is 11.1. The number of hydrogen-bond acceptors (Lipinski definition) is 2. The highest BCUT2D eigenvalue weighted by Crippen LogP contribution is 2.36. The number of aromatic nitrogens is 1. The summed E-state index contributed by atoms with van der Waals surface area (Å²) in [4.78, 5) is 3.93. The Kier molecular flexibility index (Phi) is 5.07. The van der Waals surface area contributed by atoms with Crippen molar-refractivity contribution in [3.63, 3.8) is 0 Å². The maximum Gasteiger partial charge on any atom is 0.243 e. The number of para-hydroxylation sites is 1. The van der Waals surface area contributed by atoms with Crippen LogP contribution in [0.3, 0.4) is 0 Å². The lowest BCUT2D eigenvalue weighted by Crippen LogP contribution is -2.38. The van der Waals surface area contributed by atoms with Crippen molar-refractivity contribution in [2.24, 2.45) is 0 Å². The second kappa shape index (κ2) is 7.29. The van der Waals surface area contributed by atoms with Crippen molar-refractivity contribution in [3.8, 4) is 0 Å². The van der Waals surface area contributed by atoms with E-state index >= 15 is 0 Å². The van der Waals surface area contributed by atoms with Crippen molar-refractivity contribution in [2.45, 2.75) is 58.3 Å². The Balaban J connectivity index is 1.61. The van der Waals surface area contributed by atoms with Crippen LogP contribution in [0.2, 0.25) is 0 Å². The topological polar surface area (TPSA) is 53.2 Å². The van der Waals surface area contributed by atoms with Crippen LogP contribution in [0.5, 0.6) is 0 Å². The molecule has 29 heavy (non-hydrogen) atoms. The number of aryl methyl sites for hydroxylation is 3. The summed E-state index contributed by atoms with van der Waals surface area (Å²) < 4.78 is 28.7. The molecule has 1 saturated heterocycles. The highest BCUT2D eigenvalue weighted by molar-refractivity contribution is 7.89. The molecule has 0 radical (unpaired) electrons. The normalized spacial score (nSPS) is 16.6. The number of fused-ring (bicyclic) bond motifs is 1. The minimum atomic E-state index is -3.48. The molecule has 1 aliphatic rings. The minimum Gasteiger partial charge on any atom is -0.361 e. The molecule has 154 valence electrons. The predicted octanol–water partition coefficient (Wildman–Crippen LogP) is 5.28. The molecule has 1 aromatic heterocycles. The van der Waals surface area contributed by atoms with E-state index in [1.165, 1.54) is 22.0 Å². The molecule has 2 aromatic carbocycles. The lowest BCUT2D eigenvalue weighted by molar-refractivity contribution is 0.320. The largest absolute Gasteiger partial charge is 0.361 e. The van der Waals surface area contributed by atoms with E-state index in [2.05, 4.69) is 42.4 Å². The number of hydrogen-bond donors (Lipinski definition) is 1. The molecule has 0 unspecified atom stereocenters. The monoisotopic (exact) mass is 410 g/mol. The van der Waals surface area contributed by atoms with Crippen molar-refractivity contribution in [1.29, 1.82) is 0 Å². The summed E-state index contributed by atoms with van der Waals surface area (Å²) in [6.07, 6.45) is 3.82. The molecule has 2 heterocycles. The number of H-pyrrole nitrogens is 1. The second-order valence-electron chi connectivity index (χ2n) is 8.51. The van der Waals surface area contributed by atoms with Crippen molar-refractivity contribution in [2.75, 3.05) is 13.1 Å². The third-order valence-corrected chi connectivity index (χ3v) is 8.92. The van der Waals surface area contributed by atoms with E-state index in [1.54, 1.807) is 4.31 Å². The van der Waals surface area contributed by atoms with Gasteiger partial charge in [-0.05, 0) is 86.8 Å². The molecule has 4 nitrogen and oxygen atoms in total. The molecule has 3 aromatic rings. The summed E-state index contributed by atoms with van der Waals surface area (Å²) >= 11 is 0. The van der Waals surface area contributed by atoms with Gasteiger partial charge in [0.05, 0.1) is 4.90 Å². The van der Waals surface area contributed by atoms with Gasteiger partial charge >= 0.3 is 0 Å². The van der Waals surface area contributed by atoms with Crippen molar-refractivity contribution in [3.05, 3.63) is 63.8 Å². The summed E-state index contributed by atoms with van der Waals surface area (Å²) in [5, 5.41) is 1.27. The van der Waals surface area contributed by atoms with Crippen LogP contribution >= 0.6 is 0 Å². The van der Waals surface area contributed by atoms with Crippen molar-refractivity contribution >= 4 is 20.9 Å². The van der Waals surface area contributed by atoms with Gasteiger partial charge in [-0.1, -0.05) is 24.3 Å². The van der Waals surface area contributed by atoms with Crippen LogP contribution in [0.1, 0.15) is 52.1 Å². The van der Waals surface area contributed by atoms with Crippen LogP contribution in [0, 0.1) is 34.6 Å². The third kappa shape index (κ3) is 3.30. The van der Waals surface area contributed by atoms with Crippen LogP contribution in [-0.4, -0.2) is 30.8 Å². The lowest BCUT2D eigenvalue weighted by Gasteiger charge is -2.32. The first-order valence-corrected chi connectivity index (χ1v) is 11.8. The SMILES string of the molecule is Cc1cc(C)c(C)c(S(=O)(=O)N2CCC(c3c[nH]c4c(C)cccc34)CC2)c1C. The second-order valence-corrected chi connectivity index (χ2v) is 10.4. The van der Waals surface area contributed by atoms with E-state index in [9.17, 15) is 8.42 Å². The summed E-state index contributed by atoms with van der Waals surface area (Å²) in [7, 11) is -3.48. The number of piperidine rings is 1. The predicted molar refractivity (Wildman–Crippen MR) is 119 cm³/mol. The van der Waals surface area contributed by atoms with Gasteiger partial charge in [0, 0.05) is 30.2 Å². The summed E-state index contributed by atoms with van der Waals surface area (Å²) in [5.74, 6) is 0.387. The van der Waals surface area contributed by atoms with Crippen LogP contribution in [0.15, 0.2) is 35.4 Å². The van der Waals surface area contributed by atoms with Gasteiger partial charge < -0.3 is 4.98 Å². The quantitative estimate of drug-likeness (QED) is 0.639. The fraction of sp³-hybridized carbons (Fsp3) is 0.417.